The summed E-state index contributed by atoms with van der Waals surface area (Å²) in [7, 11) is 1.76. The van der Waals surface area contributed by atoms with Crippen molar-refractivity contribution in [2.75, 3.05) is 19.3 Å². The Morgan fingerprint density at radius 2 is 2.35 bits per heavy atom. The van der Waals surface area contributed by atoms with Gasteiger partial charge in [0.1, 0.15) is 0 Å². The summed E-state index contributed by atoms with van der Waals surface area (Å²) in [6.07, 6.45) is 4.42. The van der Waals surface area contributed by atoms with Crippen LogP contribution >= 0.6 is 0 Å². The summed E-state index contributed by atoms with van der Waals surface area (Å²) in [5.74, 6) is 0.313. The molecule has 0 aromatic carbocycles. The Hall–Kier alpha value is -1.62. The van der Waals surface area contributed by atoms with E-state index in [2.05, 4.69) is 4.98 Å². The van der Waals surface area contributed by atoms with Gasteiger partial charge in [-0.2, -0.15) is 0 Å². The van der Waals surface area contributed by atoms with Crippen molar-refractivity contribution in [1.82, 2.24) is 9.88 Å². The average Bonchev–Trinajstić information content (AvgIpc) is 2.26. The normalized spacial score (nSPS) is 22.9. The van der Waals surface area contributed by atoms with Gasteiger partial charge in [-0.05, 0) is 24.8 Å². The molecule has 1 aliphatic rings. The molecule has 17 heavy (non-hydrogen) atoms. The number of nitrogens with zero attached hydrogens (tertiary/aromatic N) is 2. The predicted octanol–water partition coefficient (Wildman–Crippen LogP) is 0.507. The number of aliphatic hydroxyl groups is 1. The highest BCUT2D eigenvalue weighted by Gasteiger charge is 2.29. The molecular formula is C12H17N3O2. The molecule has 1 aromatic heterocycles. The van der Waals surface area contributed by atoms with E-state index in [1.54, 1.807) is 24.2 Å². The molecule has 0 unspecified atom stereocenters. The average molecular weight is 235 g/mol. The lowest BCUT2D eigenvalue weighted by Crippen LogP contribution is -2.39. The van der Waals surface area contributed by atoms with Gasteiger partial charge in [-0.15, -0.1) is 0 Å². The van der Waals surface area contributed by atoms with E-state index < -0.39 is 0 Å². The molecule has 92 valence electrons. The van der Waals surface area contributed by atoms with Crippen molar-refractivity contribution in [2.45, 2.75) is 18.9 Å². The van der Waals surface area contributed by atoms with Crippen molar-refractivity contribution in [3.05, 3.63) is 24.0 Å². The fourth-order valence-corrected chi connectivity index (χ4v) is 2.13. The topological polar surface area (TPSA) is 79.5 Å². The van der Waals surface area contributed by atoms with Gasteiger partial charge in [-0.1, -0.05) is 0 Å². The Labute approximate surface area is 100 Å². The van der Waals surface area contributed by atoms with Gasteiger partial charge in [0.05, 0.1) is 23.6 Å². The van der Waals surface area contributed by atoms with E-state index in [-0.39, 0.29) is 12.0 Å². The fourth-order valence-electron chi connectivity index (χ4n) is 2.13. The largest absolute Gasteiger partial charge is 0.397 e. The first-order valence-corrected chi connectivity index (χ1v) is 5.71. The minimum absolute atomic E-state index is 0.0914. The van der Waals surface area contributed by atoms with Crippen molar-refractivity contribution in [2.24, 2.45) is 5.92 Å². The van der Waals surface area contributed by atoms with Crippen molar-refractivity contribution in [3.63, 3.8) is 0 Å². The van der Waals surface area contributed by atoms with Crippen LogP contribution in [0.4, 0.5) is 5.69 Å². The van der Waals surface area contributed by atoms with Crippen LogP contribution in [0, 0.1) is 5.92 Å². The van der Waals surface area contributed by atoms with Gasteiger partial charge in [0.25, 0.3) is 5.91 Å². The molecule has 1 aliphatic carbocycles. The number of carbonyl (C=O) groups excluding carboxylic acids is 1. The molecule has 1 heterocycles. The minimum atomic E-state index is -0.186. The number of amides is 1. The lowest BCUT2D eigenvalue weighted by molar-refractivity contribution is 0.0265. The number of aromatic nitrogens is 1. The highest BCUT2D eigenvalue weighted by atomic mass is 16.3. The number of aliphatic hydroxyl groups excluding tert-OH is 1. The van der Waals surface area contributed by atoms with Crippen LogP contribution in [0.25, 0.3) is 0 Å². The van der Waals surface area contributed by atoms with Crippen LogP contribution in [-0.4, -0.2) is 40.6 Å². The summed E-state index contributed by atoms with van der Waals surface area (Å²) in [6.45, 7) is 0.664. The molecule has 1 saturated carbocycles. The fraction of sp³-hybridized carbons (Fsp3) is 0.500. The first kappa shape index (κ1) is 11.9. The SMILES string of the molecule is CN(CC1CC(O)C1)C(=O)c1ccncc1N. The second-order valence-corrected chi connectivity index (χ2v) is 4.64. The summed E-state index contributed by atoms with van der Waals surface area (Å²) < 4.78 is 0. The Morgan fingerprint density at radius 3 is 2.94 bits per heavy atom. The van der Waals surface area contributed by atoms with Gasteiger partial charge in [-0.25, -0.2) is 0 Å². The number of pyridine rings is 1. The third-order valence-electron chi connectivity index (χ3n) is 3.17. The lowest BCUT2D eigenvalue weighted by atomic mass is 9.82. The second kappa shape index (κ2) is 4.71. The summed E-state index contributed by atoms with van der Waals surface area (Å²) >= 11 is 0. The van der Waals surface area contributed by atoms with E-state index in [1.807, 2.05) is 0 Å². The smallest absolute Gasteiger partial charge is 0.255 e. The number of nitrogens with two attached hydrogens (primary N) is 1. The quantitative estimate of drug-likeness (QED) is 0.800. The van der Waals surface area contributed by atoms with Crippen LogP contribution in [0.2, 0.25) is 0 Å². The maximum absolute atomic E-state index is 12.1. The number of rotatable bonds is 3. The zero-order valence-electron chi connectivity index (χ0n) is 9.84. The van der Waals surface area contributed by atoms with Gasteiger partial charge in [0.2, 0.25) is 0 Å². The molecule has 3 N–H and O–H groups in total. The summed E-state index contributed by atoms with van der Waals surface area (Å²) in [5.41, 5.74) is 6.60. The zero-order chi connectivity index (χ0) is 12.4. The predicted molar refractivity (Wildman–Crippen MR) is 64.3 cm³/mol. The number of carbonyl (C=O) groups is 1. The number of hydrogen-bond donors (Lipinski definition) is 2. The molecule has 5 heteroatoms. The van der Waals surface area contributed by atoms with Crippen LogP contribution in [0.5, 0.6) is 0 Å². The van der Waals surface area contributed by atoms with Gasteiger partial charge < -0.3 is 15.7 Å². The molecule has 0 aliphatic heterocycles. The van der Waals surface area contributed by atoms with E-state index in [1.165, 1.54) is 6.20 Å². The zero-order valence-corrected chi connectivity index (χ0v) is 9.84. The van der Waals surface area contributed by atoms with Crippen LogP contribution in [0.1, 0.15) is 23.2 Å². The van der Waals surface area contributed by atoms with Gasteiger partial charge in [0.15, 0.2) is 0 Å². The summed E-state index contributed by atoms with van der Waals surface area (Å²) in [6, 6.07) is 1.63. The maximum atomic E-state index is 12.1. The van der Waals surface area contributed by atoms with E-state index in [4.69, 9.17) is 5.73 Å². The maximum Gasteiger partial charge on any atom is 0.255 e. The van der Waals surface area contributed by atoms with E-state index in [0.717, 1.165) is 12.8 Å². The molecule has 1 fully saturated rings. The molecule has 0 saturated heterocycles. The highest BCUT2D eigenvalue weighted by Crippen LogP contribution is 2.28. The molecule has 2 rings (SSSR count). The van der Waals surface area contributed by atoms with Crippen LogP contribution in [0.15, 0.2) is 18.5 Å². The van der Waals surface area contributed by atoms with E-state index in [9.17, 15) is 9.90 Å². The van der Waals surface area contributed by atoms with Crippen molar-refractivity contribution in [3.8, 4) is 0 Å². The summed E-state index contributed by atoms with van der Waals surface area (Å²) in [5, 5.41) is 9.20. The van der Waals surface area contributed by atoms with Gasteiger partial charge >= 0.3 is 0 Å². The van der Waals surface area contributed by atoms with Crippen molar-refractivity contribution >= 4 is 11.6 Å². The van der Waals surface area contributed by atoms with Crippen molar-refractivity contribution in [1.29, 1.82) is 0 Å². The van der Waals surface area contributed by atoms with Crippen molar-refractivity contribution < 1.29 is 9.90 Å². The Morgan fingerprint density at radius 1 is 1.65 bits per heavy atom. The standard InChI is InChI=1S/C12H17N3O2/c1-15(7-8-4-9(16)5-8)12(17)10-2-3-14-6-11(10)13/h2-3,6,8-9,16H,4-5,7,13H2,1H3. The monoisotopic (exact) mass is 235 g/mol. The Bertz CT molecular complexity index is 416. The Balaban J connectivity index is 1.97. The lowest BCUT2D eigenvalue weighted by Gasteiger charge is -2.34. The van der Waals surface area contributed by atoms with Crippen LogP contribution in [-0.2, 0) is 0 Å². The number of hydrogen-bond acceptors (Lipinski definition) is 4. The molecule has 0 spiro atoms. The third kappa shape index (κ3) is 2.55. The van der Waals surface area contributed by atoms with Gasteiger partial charge in [0, 0.05) is 19.8 Å². The molecule has 5 nitrogen and oxygen atoms in total. The van der Waals surface area contributed by atoms with E-state index >= 15 is 0 Å². The first-order valence-electron chi connectivity index (χ1n) is 5.71. The molecule has 0 radical (unpaired) electrons. The highest BCUT2D eigenvalue weighted by molar-refractivity contribution is 5.98. The third-order valence-corrected chi connectivity index (χ3v) is 3.17. The Kier molecular flexibility index (Phi) is 3.28. The second-order valence-electron chi connectivity index (χ2n) is 4.64. The molecular weight excluding hydrogens is 218 g/mol. The molecule has 1 aromatic rings. The summed E-state index contributed by atoms with van der Waals surface area (Å²) in [4.78, 5) is 17.6. The van der Waals surface area contributed by atoms with Gasteiger partial charge in [-0.3, -0.25) is 9.78 Å². The first-order chi connectivity index (χ1) is 8.08. The number of anilines is 1. The van der Waals surface area contributed by atoms with E-state index in [0.29, 0.717) is 23.7 Å². The molecule has 0 atom stereocenters. The minimum Gasteiger partial charge on any atom is -0.397 e. The van der Waals surface area contributed by atoms with Crippen LogP contribution < -0.4 is 5.73 Å². The van der Waals surface area contributed by atoms with Crippen LogP contribution in [0.3, 0.4) is 0 Å². The molecule has 1 amide bonds. The number of nitrogen functional groups attached to an aromatic ring is 1. The molecule has 0 bridgehead atoms.